The lowest BCUT2D eigenvalue weighted by atomic mass is 9.64. The Hall–Kier alpha value is -2.34. The first-order valence-electron chi connectivity index (χ1n) is 16.9. The topological polar surface area (TPSA) is 0 Å². The number of benzene rings is 2. The fourth-order valence-electron chi connectivity index (χ4n) is 9.43. The van der Waals surface area contributed by atoms with Crippen LogP contribution in [0.15, 0.2) is 90.1 Å². The highest BCUT2D eigenvalue weighted by Gasteiger charge is 2.55. The third kappa shape index (κ3) is 5.20. The molecule has 2 saturated carbocycles. The van der Waals surface area contributed by atoms with Gasteiger partial charge in [-0.3, -0.25) is 0 Å². The lowest BCUT2D eigenvalue weighted by molar-refractivity contribution is 0.196. The van der Waals surface area contributed by atoms with Gasteiger partial charge in [-0.05, 0) is 110 Å². The van der Waals surface area contributed by atoms with Gasteiger partial charge in [0, 0.05) is 0 Å². The minimum absolute atomic E-state index is 0.172. The van der Waals surface area contributed by atoms with Crippen molar-refractivity contribution in [1.82, 2.24) is 0 Å². The van der Waals surface area contributed by atoms with Gasteiger partial charge in [0.25, 0.3) is 0 Å². The molecule has 0 spiro atoms. The zero-order valence-electron chi connectivity index (χ0n) is 28.1. The standard InChI is InChI=1S/C42H56/c1-26-22-30(42(8,9)10)25-35(26)39(32-17-13-15-27-14-11-12-16-31(27)32)38-33-20-18-28(40(2,3)4)23-36(33)37-24-29(41(5,6)7)19-21-34(37)38/h11-21,23-24,26,30,33-39H,22,25H2,1-10H3. The molecule has 4 aliphatic carbocycles. The Morgan fingerprint density at radius 1 is 0.643 bits per heavy atom. The van der Waals surface area contributed by atoms with Gasteiger partial charge in [0.15, 0.2) is 0 Å². The summed E-state index contributed by atoms with van der Waals surface area (Å²) in [6, 6.07) is 16.4. The second-order valence-corrected chi connectivity index (χ2v) is 17.6. The Balaban J connectivity index is 1.53. The molecule has 224 valence electrons. The molecule has 8 atom stereocenters. The van der Waals surface area contributed by atoms with Crippen LogP contribution in [0.4, 0.5) is 0 Å². The quantitative estimate of drug-likeness (QED) is 0.350. The van der Waals surface area contributed by atoms with Crippen molar-refractivity contribution >= 4 is 10.8 Å². The molecule has 0 N–H and O–H groups in total. The minimum Gasteiger partial charge on any atom is -0.0802 e. The first-order chi connectivity index (χ1) is 19.6. The zero-order valence-corrected chi connectivity index (χ0v) is 28.1. The molecule has 42 heavy (non-hydrogen) atoms. The molecule has 2 aromatic carbocycles. The average Bonchev–Trinajstić information content (AvgIpc) is 3.46. The molecule has 0 aromatic heterocycles. The van der Waals surface area contributed by atoms with E-state index in [0.29, 0.717) is 46.8 Å². The molecule has 0 amide bonds. The molecule has 8 unspecified atom stereocenters. The number of fused-ring (bicyclic) bond motifs is 4. The fourth-order valence-corrected chi connectivity index (χ4v) is 9.43. The summed E-state index contributed by atoms with van der Waals surface area (Å²) in [5.74, 6) is 5.62. The van der Waals surface area contributed by atoms with Gasteiger partial charge in [-0.2, -0.15) is 0 Å². The van der Waals surface area contributed by atoms with E-state index in [0.717, 1.165) is 11.8 Å². The molecule has 0 saturated heterocycles. The van der Waals surface area contributed by atoms with Gasteiger partial charge >= 0.3 is 0 Å². The van der Waals surface area contributed by atoms with E-state index < -0.39 is 0 Å². The number of hydrogen-bond donors (Lipinski definition) is 0. The van der Waals surface area contributed by atoms with Crippen LogP contribution in [0, 0.1) is 63.6 Å². The molecule has 0 aliphatic heterocycles. The van der Waals surface area contributed by atoms with E-state index in [1.165, 1.54) is 34.8 Å². The van der Waals surface area contributed by atoms with Gasteiger partial charge in [0.1, 0.15) is 0 Å². The van der Waals surface area contributed by atoms with Gasteiger partial charge in [0.2, 0.25) is 0 Å². The SMILES string of the molecule is CC1CC(C(C)(C)C)CC1C(c1cccc2ccccc12)C1C2C=CC(C(C)(C)C)=CC2C2C=C(C(C)(C)C)C=CC21. The molecule has 2 fully saturated rings. The molecule has 6 rings (SSSR count). The smallest absolute Gasteiger partial charge is 0.00848 e. The maximum Gasteiger partial charge on any atom is -0.00848 e. The number of hydrogen-bond acceptors (Lipinski definition) is 0. The maximum absolute atomic E-state index is 2.72. The molecular weight excluding hydrogens is 504 g/mol. The van der Waals surface area contributed by atoms with Crippen molar-refractivity contribution in [3.8, 4) is 0 Å². The van der Waals surface area contributed by atoms with Gasteiger partial charge in [-0.15, -0.1) is 0 Å². The van der Waals surface area contributed by atoms with Crippen molar-refractivity contribution in [1.29, 1.82) is 0 Å². The van der Waals surface area contributed by atoms with E-state index in [-0.39, 0.29) is 10.8 Å². The fraction of sp³-hybridized carbons (Fsp3) is 0.571. The Morgan fingerprint density at radius 3 is 1.71 bits per heavy atom. The minimum atomic E-state index is 0.172. The molecule has 0 radical (unpaired) electrons. The molecule has 4 aliphatic rings. The van der Waals surface area contributed by atoms with Crippen LogP contribution in [0.5, 0.6) is 0 Å². The van der Waals surface area contributed by atoms with Crippen LogP contribution >= 0.6 is 0 Å². The van der Waals surface area contributed by atoms with Crippen molar-refractivity contribution in [2.24, 2.45) is 63.6 Å². The van der Waals surface area contributed by atoms with Crippen LogP contribution < -0.4 is 0 Å². The van der Waals surface area contributed by atoms with Crippen molar-refractivity contribution in [2.45, 2.75) is 88.0 Å². The summed E-state index contributed by atoms with van der Waals surface area (Å²) >= 11 is 0. The number of allylic oxidation sites excluding steroid dienone is 8. The zero-order chi connectivity index (χ0) is 30.2. The summed E-state index contributed by atoms with van der Waals surface area (Å²) in [6.07, 6.45) is 18.5. The molecule has 2 aromatic rings. The Kier molecular flexibility index (Phi) is 7.35. The molecule has 0 heteroatoms. The van der Waals surface area contributed by atoms with Crippen LogP contribution in [-0.2, 0) is 0 Å². The van der Waals surface area contributed by atoms with E-state index >= 15 is 0 Å². The van der Waals surface area contributed by atoms with Gasteiger partial charge in [-0.1, -0.05) is 148 Å². The van der Waals surface area contributed by atoms with Gasteiger partial charge in [0.05, 0.1) is 0 Å². The highest BCUT2D eigenvalue weighted by molar-refractivity contribution is 5.86. The average molecular weight is 561 g/mol. The molecule has 0 heterocycles. The van der Waals surface area contributed by atoms with Crippen molar-refractivity contribution < 1.29 is 0 Å². The van der Waals surface area contributed by atoms with E-state index in [1.807, 2.05) is 0 Å². The van der Waals surface area contributed by atoms with Crippen molar-refractivity contribution in [2.75, 3.05) is 0 Å². The van der Waals surface area contributed by atoms with Gasteiger partial charge in [-0.25, -0.2) is 0 Å². The third-order valence-electron chi connectivity index (χ3n) is 11.9. The van der Waals surface area contributed by atoms with Crippen LogP contribution in [0.3, 0.4) is 0 Å². The highest BCUT2D eigenvalue weighted by atomic mass is 14.6. The highest BCUT2D eigenvalue weighted by Crippen LogP contribution is 2.63. The predicted octanol–water partition coefficient (Wildman–Crippen LogP) is 11.8. The van der Waals surface area contributed by atoms with Crippen LogP contribution in [0.1, 0.15) is 93.6 Å². The van der Waals surface area contributed by atoms with E-state index in [1.54, 1.807) is 5.56 Å². The van der Waals surface area contributed by atoms with Crippen LogP contribution in [-0.4, -0.2) is 0 Å². The second-order valence-electron chi connectivity index (χ2n) is 17.6. The monoisotopic (exact) mass is 560 g/mol. The lowest BCUT2D eigenvalue weighted by Crippen LogP contribution is -2.31. The largest absolute Gasteiger partial charge is 0.0802 e. The van der Waals surface area contributed by atoms with E-state index in [9.17, 15) is 0 Å². The van der Waals surface area contributed by atoms with E-state index in [4.69, 9.17) is 0 Å². The Morgan fingerprint density at radius 2 is 1.19 bits per heavy atom. The number of rotatable bonds is 3. The predicted molar refractivity (Wildman–Crippen MR) is 182 cm³/mol. The first kappa shape index (κ1) is 29.7. The van der Waals surface area contributed by atoms with Crippen molar-refractivity contribution in [3.05, 3.63) is 95.6 Å². The molecule has 0 bridgehead atoms. The molecule has 0 nitrogen and oxygen atoms in total. The summed E-state index contributed by atoms with van der Waals surface area (Å²) in [4.78, 5) is 0. The summed E-state index contributed by atoms with van der Waals surface area (Å²) < 4.78 is 0. The second kappa shape index (κ2) is 10.4. The third-order valence-corrected chi connectivity index (χ3v) is 11.9. The lowest BCUT2D eigenvalue weighted by Gasteiger charge is -2.40. The summed E-state index contributed by atoms with van der Waals surface area (Å²) in [7, 11) is 0. The van der Waals surface area contributed by atoms with Crippen LogP contribution in [0.25, 0.3) is 10.8 Å². The summed E-state index contributed by atoms with van der Waals surface area (Å²) in [5.41, 5.74) is 5.36. The summed E-state index contributed by atoms with van der Waals surface area (Å²) in [5, 5.41) is 2.88. The normalized spacial score (nSPS) is 33.8. The Bertz CT molecular complexity index is 1380. The van der Waals surface area contributed by atoms with Crippen molar-refractivity contribution in [3.63, 3.8) is 0 Å². The Labute approximate surface area is 257 Å². The summed E-state index contributed by atoms with van der Waals surface area (Å²) in [6.45, 7) is 24.3. The van der Waals surface area contributed by atoms with E-state index in [2.05, 4.69) is 148 Å². The first-order valence-corrected chi connectivity index (χ1v) is 16.9. The van der Waals surface area contributed by atoms with Crippen LogP contribution in [0.2, 0.25) is 0 Å². The molecular formula is C42H56. The maximum atomic E-state index is 2.72. The van der Waals surface area contributed by atoms with Gasteiger partial charge < -0.3 is 0 Å².